The van der Waals surface area contributed by atoms with Crippen LogP contribution in [0.25, 0.3) is 22.3 Å². The van der Waals surface area contributed by atoms with Crippen molar-refractivity contribution in [3.63, 3.8) is 0 Å². The number of para-hydroxylation sites is 1. The Morgan fingerprint density at radius 2 is 1.70 bits per heavy atom. The van der Waals surface area contributed by atoms with Crippen molar-refractivity contribution in [3.8, 4) is 22.8 Å². The first kappa shape index (κ1) is 30.4. The molecule has 7 rings (SSSR count). The Morgan fingerprint density at radius 1 is 0.978 bits per heavy atom. The number of alkyl halides is 1. The van der Waals surface area contributed by atoms with Crippen LogP contribution >= 0.6 is 0 Å². The standard InChI is InChI=1S/C34H41FN8O3/c1-34(2,3)46-33(44)42-16-22(17-42)15-40-18-24(19-40)41-14-13-28(27(35)20-41)43-32-29(31(36)37-21-38-32)30(39-43)23-9-11-26(12-10-23)45-25-7-5-4-6-8-25/h4-12,21-22,24,27-28H,13-20H2,1-3H3,(H2,36,37,38)/t27-,28-/m0/s1. The van der Waals surface area contributed by atoms with Gasteiger partial charge in [-0.1, -0.05) is 18.2 Å². The number of hydrogen-bond donors (Lipinski definition) is 1. The van der Waals surface area contributed by atoms with E-state index in [0.717, 1.165) is 50.6 Å². The predicted octanol–water partition coefficient (Wildman–Crippen LogP) is 5.00. The molecule has 4 aromatic rings. The Kier molecular flexibility index (Phi) is 8.02. The van der Waals surface area contributed by atoms with Crippen LogP contribution in [0.2, 0.25) is 0 Å². The van der Waals surface area contributed by atoms with Gasteiger partial charge in [0.05, 0.1) is 11.4 Å². The van der Waals surface area contributed by atoms with Crippen LogP contribution < -0.4 is 10.5 Å². The summed E-state index contributed by atoms with van der Waals surface area (Å²) in [7, 11) is 0. The number of nitrogens with zero attached hydrogens (tertiary/aromatic N) is 7. The molecule has 0 unspecified atom stereocenters. The molecule has 0 aliphatic carbocycles. The van der Waals surface area contributed by atoms with Crippen LogP contribution in [0.5, 0.6) is 11.5 Å². The maximum Gasteiger partial charge on any atom is 0.410 e. The lowest BCUT2D eigenvalue weighted by molar-refractivity contribution is -0.0378. The van der Waals surface area contributed by atoms with Gasteiger partial charge in [-0.05, 0) is 63.6 Å². The third kappa shape index (κ3) is 6.23. The minimum Gasteiger partial charge on any atom is -0.457 e. The second-order valence-electron chi connectivity index (χ2n) is 13.7. The Balaban J connectivity index is 0.968. The summed E-state index contributed by atoms with van der Waals surface area (Å²) in [5, 5.41) is 5.53. The van der Waals surface area contributed by atoms with Crippen LogP contribution in [-0.2, 0) is 4.74 Å². The lowest BCUT2D eigenvalue weighted by Crippen LogP contribution is -2.64. The number of aromatic nitrogens is 4. The highest BCUT2D eigenvalue weighted by molar-refractivity contribution is 5.98. The molecule has 0 saturated carbocycles. The highest BCUT2D eigenvalue weighted by atomic mass is 19.1. The summed E-state index contributed by atoms with van der Waals surface area (Å²) in [6.45, 7) is 11.0. The van der Waals surface area contributed by atoms with E-state index >= 15 is 4.39 Å². The topological polar surface area (TPSA) is 115 Å². The number of hydrogen-bond acceptors (Lipinski definition) is 9. The molecule has 0 bridgehead atoms. The molecule has 2 aromatic heterocycles. The largest absolute Gasteiger partial charge is 0.457 e. The zero-order chi connectivity index (χ0) is 32.0. The van der Waals surface area contributed by atoms with Gasteiger partial charge < -0.3 is 20.1 Å². The van der Waals surface area contributed by atoms with E-state index in [1.165, 1.54) is 6.33 Å². The minimum atomic E-state index is -1.11. The summed E-state index contributed by atoms with van der Waals surface area (Å²) >= 11 is 0. The van der Waals surface area contributed by atoms with E-state index < -0.39 is 17.8 Å². The second-order valence-corrected chi connectivity index (χ2v) is 13.7. The summed E-state index contributed by atoms with van der Waals surface area (Å²) in [5.74, 6) is 2.23. The van der Waals surface area contributed by atoms with Crippen LogP contribution in [0.15, 0.2) is 60.9 Å². The number of ether oxygens (including phenoxy) is 2. The molecule has 3 aliphatic heterocycles. The van der Waals surface area contributed by atoms with E-state index in [2.05, 4.69) is 19.8 Å². The Labute approximate surface area is 268 Å². The SMILES string of the molecule is CC(C)(C)OC(=O)N1CC(CN2CC(N3CC[C@H](n4nc(-c5ccc(Oc6ccccc6)cc5)c5c(N)ncnc54)[C@@H](F)C3)C2)C1. The van der Waals surface area contributed by atoms with Gasteiger partial charge in [0.1, 0.15) is 41.1 Å². The van der Waals surface area contributed by atoms with Crippen molar-refractivity contribution in [2.24, 2.45) is 5.92 Å². The van der Waals surface area contributed by atoms with E-state index in [0.29, 0.717) is 53.2 Å². The van der Waals surface area contributed by atoms with Crippen LogP contribution in [0, 0.1) is 5.92 Å². The smallest absolute Gasteiger partial charge is 0.410 e. The molecule has 3 saturated heterocycles. The Morgan fingerprint density at radius 3 is 2.39 bits per heavy atom. The molecule has 242 valence electrons. The summed E-state index contributed by atoms with van der Waals surface area (Å²) in [4.78, 5) is 27.4. The molecule has 2 aromatic carbocycles. The number of benzene rings is 2. The number of carbonyl (C=O) groups is 1. The number of amides is 1. The number of anilines is 1. The highest BCUT2D eigenvalue weighted by Crippen LogP contribution is 2.37. The molecule has 2 N–H and O–H groups in total. The molecule has 3 fully saturated rings. The van der Waals surface area contributed by atoms with Gasteiger partial charge in [0.15, 0.2) is 5.65 Å². The van der Waals surface area contributed by atoms with Crippen molar-refractivity contribution in [2.45, 2.75) is 51.0 Å². The van der Waals surface area contributed by atoms with E-state index in [1.807, 2.05) is 75.4 Å². The van der Waals surface area contributed by atoms with Gasteiger partial charge in [0.25, 0.3) is 0 Å². The van der Waals surface area contributed by atoms with Gasteiger partial charge in [-0.2, -0.15) is 5.10 Å². The Hall–Kier alpha value is -4.29. The average molecular weight is 629 g/mol. The zero-order valence-corrected chi connectivity index (χ0v) is 26.6. The van der Waals surface area contributed by atoms with Crippen molar-refractivity contribution < 1.29 is 18.7 Å². The van der Waals surface area contributed by atoms with Gasteiger partial charge in [-0.3, -0.25) is 9.80 Å². The maximum absolute atomic E-state index is 16.0. The van der Waals surface area contributed by atoms with Crippen molar-refractivity contribution in [3.05, 3.63) is 60.9 Å². The fraction of sp³-hybridized carbons (Fsp3) is 0.471. The normalized spacial score (nSPS) is 21.6. The van der Waals surface area contributed by atoms with E-state index in [1.54, 1.807) is 9.58 Å². The van der Waals surface area contributed by atoms with Gasteiger partial charge >= 0.3 is 6.09 Å². The monoisotopic (exact) mass is 628 g/mol. The second kappa shape index (κ2) is 12.1. The summed E-state index contributed by atoms with van der Waals surface area (Å²) < 4.78 is 29.1. The number of halogens is 1. The first-order valence-corrected chi connectivity index (χ1v) is 16.0. The van der Waals surface area contributed by atoms with E-state index in [9.17, 15) is 4.79 Å². The third-order valence-corrected chi connectivity index (χ3v) is 9.06. The van der Waals surface area contributed by atoms with Crippen LogP contribution in [0.4, 0.5) is 15.0 Å². The zero-order valence-electron chi connectivity index (χ0n) is 26.6. The third-order valence-electron chi connectivity index (χ3n) is 9.06. The lowest BCUT2D eigenvalue weighted by Gasteiger charge is -2.50. The van der Waals surface area contributed by atoms with Gasteiger partial charge in [-0.15, -0.1) is 0 Å². The molecule has 2 atom stereocenters. The maximum atomic E-state index is 16.0. The van der Waals surface area contributed by atoms with Crippen molar-refractivity contribution >= 4 is 22.9 Å². The number of carbonyl (C=O) groups excluding carboxylic acids is 1. The summed E-state index contributed by atoms with van der Waals surface area (Å²) in [6.07, 6.45) is 0.691. The highest BCUT2D eigenvalue weighted by Gasteiger charge is 2.42. The molecule has 0 spiro atoms. The molecule has 3 aliphatic rings. The number of rotatable bonds is 7. The first-order valence-electron chi connectivity index (χ1n) is 16.0. The average Bonchev–Trinajstić information content (AvgIpc) is 3.36. The number of nitrogens with two attached hydrogens (primary N) is 1. The number of fused-ring (bicyclic) bond motifs is 1. The predicted molar refractivity (Wildman–Crippen MR) is 173 cm³/mol. The molecule has 5 heterocycles. The van der Waals surface area contributed by atoms with Crippen LogP contribution in [0.3, 0.4) is 0 Å². The fourth-order valence-corrected chi connectivity index (χ4v) is 6.71. The van der Waals surface area contributed by atoms with Crippen molar-refractivity contribution in [1.29, 1.82) is 0 Å². The first-order chi connectivity index (χ1) is 22.1. The summed E-state index contributed by atoms with van der Waals surface area (Å²) in [6, 6.07) is 17.1. The number of piperidine rings is 1. The molecule has 11 nitrogen and oxygen atoms in total. The van der Waals surface area contributed by atoms with Gasteiger partial charge in [0.2, 0.25) is 0 Å². The van der Waals surface area contributed by atoms with Gasteiger partial charge in [-0.25, -0.2) is 23.8 Å². The van der Waals surface area contributed by atoms with Crippen LogP contribution in [0.1, 0.15) is 33.2 Å². The molecule has 1 amide bonds. The minimum absolute atomic E-state index is 0.236. The fourth-order valence-electron chi connectivity index (χ4n) is 6.71. The molecule has 0 radical (unpaired) electrons. The van der Waals surface area contributed by atoms with Crippen LogP contribution in [-0.4, -0.2) is 104 Å². The lowest BCUT2D eigenvalue weighted by atomic mass is 9.95. The van der Waals surface area contributed by atoms with Crippen molar-refractivity contribution in [1.82, 2.24) is 34.4 Å². The molecular weight excluding hydrogens is 587 g/mol. The molecule has 12 heteroatoms. The summed E-state index contributed by atoms with van der Waals surface area (Å²) in [5.41, 5.74) is 7.86. The Bertz CT molecular complexity index is 1680. The van der Waals surface area contributed by atoms with E-state index in [4.69, 9.17) is 20.3 Å². The molecule has 46 heavy (non-hydrogen) atoms. The quantitative estimate of drug-likeness (QED) is 0.302. The van der Waals surface area contributed by atoms with Crippen molar-refractivity contribution in [2.75, 3.05) is 51.5 Å². The van der Waals surface area contributed by atoms with E-state index in [-0.39, 0.29) is 6.09 Å². The van der Waals surface area contributed by atoms with Gasteiger partial charge in [0, 0.05) is 63.3 Å². The number of nitrogen functional groups attached to an aromatic ring is 1. The number of likely N-dealkylation sites (tertiary alicyclic amines) is 3. The molecular formula is C34H41FN8O3.